The molecule has 9 heteroatoms. The number of aromatic amines is 1. The second-order valence-corrected chi connectivity index (χ2v) is 4.56. The molecule has 3 N–H and O–H groups in total. The van der Waals surface area contributed by atoms with Crippen molar-refractivity contribution in [2.45, 2.75) is 6.54 Å². The van der Waals surface area contributed by atoms with Crippen LogP contribution in [0.15, 0.2) is 24.5 Å². The highest BCUT2D eigenvalue weighted by Crippen LogP contribution is 2.33. The van der Waals surface area contributed by atoms with E-state index < -0.39 is 10.8 Å². The average Bonchev–Trinajstić information content (AvgIpc) is 2.96. The van der Waals surface area contributed by atoms with Gasteiger partial charge >= 0.3 is 0 Å². The fourth-order valence-electron chi connectivity index (χ4n) is 1.77. The summed E-state index contributed by atoms with van der Waals surface area (Å²) in [6.45, 7) is 0.258. The number of rotatable bonds is 5. The molecule has 0 radical (unpaired) electrons. The third-order valence-corrected chi connectivity index (χ3v) is 3.08. The van der Waals surface area contributed by atoms with Crippen molar-refractivity contribution in [1.29, 1.82) is 0 Å². The molecule has 110 valence electrons. The summed E-state index contributed by atoms with van der Waals surface area (Å²) in [4.78, 5) is 22.4. The molecule has 0 saturated carbocycles. The molecule has 2 aromatic rings. The van der Waals surface area contributed by atoms with Gasteiger partial charge in [0.2, 0.25) is 0 Å². The summed E-state index contributed by atoms with van der Waals surface area (Å²) in [7, 11) is 1.52. The lowest BCUT2D eigenvalue weighted by atomic mass is 10.1. The van der Waals surface area contributed by atoms with Crippen LogP contribution in [-0.4, -0.2) is 28.1 Å². The molecule has 0 atom stereocenters. The Kier molecular flexibility index (Phi) is 4.39. The van der Waals surface area contributed by atoms with Gasteiger partial charge in [0.15, 0.2) is 0 Å². The third-order valence-electron chi connectivity index (χ3n) is 2.79. The molecule has 0 fully saturated rings. The van der Waals surface area contributed by atoms with Gasteiger partial charge in [0.05, 0.1) is 16.1 Å². The zero-order valence-electron chi connectivity index (χ0n) is 11.0. The van der Waals surface area contributed by atoms with Gasteiger partial charge in [0.1, 0.15) is 5.69 Å². The number of nitrogens with zero attached hydrogens (tertiary/aromatic N) is 2. The van der Waals surface area contributed by atoms with Gasteiger partial charge in [-0.1, -0.05) is 11.6 Å². The smallest absolute Gasteiger partial charge is 0.294 e. The van der Waals surface area contributed by atoms with Crippen LogP contribution < -0.4 is 10.6 Å². The number of nitrogens with one attached hydrogen (secondary N) is 3. The second-order valence-electron chi connectivity index (χ2n) is 4.15. The number of aromatic nitrogens is 2. The first-order valence-corrected chi connectivity index (χ1v) is 6.32. The van der Waals surface area contributed by atoms with Crippen LogP contribution in [-0.2, 0) is 6.54 Å². The van der Waals surface area contributed by atoms with E-state index in [0.29, 0.717) is 0 Å². The molecule has 0 aliphatic carbocycles. The summed E-state index contributed by atoms with van der Waals surface area (Å²) in [6, 6.07) is 2.56. The molecule has 0 bridgehead atoms. The van der Waals surface area contributed by atoms with E-state index in [1.807, 2.05) is 0 Å². The Morgan fingerprint density at radius 1 is 1.52 bits per heavy atom. The predicted molar refractivity (Wildman–Crippen MR) is 77.4 cm³/mol. The lowest BCUT2D eigenvalue weighted by molar-refractivity contribution is -0.383. The normalized spacial score (nSPS) is 10.2. The first-order valence-electron chi connectivity index (χ1n) is 5.94. The molecular weight excluding hydrogens is 298 g/mol. The molecule has 0 spiro atoms. The summed E-state index contributed by atoms with van der Waals surface area (Å²) < 4.78 is 0. The Hall–Kier alpha value is -2.61. The monoisotopic (exact) mass is 309 g/mol. The maximum atomic E-state index is 12.0. The average molecular weight is 310 g/mol. The quantitative estimate of drug-likeness (QED) is 0.577. The first kappa shape index (κ1) is 14.8. The van der Waals surface area contributed by atoms with E-state index in [1.54, 1.807) is 12.4 Å². The van der Waals surface area contributed by atoms with Crippen LogP contribution in [0.1, 0.15) is 15.9 Å². The summed E-state index contributed by atoms with van der Waals surface area (Å²) in [5.41, 5.74) is 0.830. The number of amides is 1. The molecule has 8 nitrogen and oxygen atoms in total. The SMILES string of the molecule is CNc1c(Cl)cc(C(=O)NCc2cn[nH]c2)cc1[N+](=O)[O-]. The lowest BCUT2D eigenvalue weighted by Crippen LogP contribution is -2.22. The Bertz CT molecular complexity index is 672. The van der Waals surface area contributed by atoms with Crippen molar-refractivity contribution in [3.63, 3.8) is 0 Å². The molecule has 0 aliphatic heterocycles. The summed E-state index contributed by atoms with van der Waals surface area (Å²) >= 11 is 5.96. The van der Waals surface area contributed by atoms with Crippen LogP contribution >= 0.6 is 11.6 Å². The molecule has 0 saturated heterocycles. The fraction of sp³-hybridized carbons (Fsp3) is 0.167. The van der Waals surface area contributed by atoms with E-state index in [-0.39, 0.29) is 28.5 Å². The Morgan fingerprint density at radius 3 is 2.86 bits per heavy atom. The maximum Gasteiger partial charge on any atom is 0.294 e. The van der Waals surface area contributed by atoms with Crippen LogP contribution in [0.4, 0.5) is 11.4 Å². The van der Waals surface area contributed by atoms with Gasteiger partial charge in [-0.05, 0) is 6.07 Å². The number of hydrogen-bond acceptors (Lipinski definition) is 5. The van der Waals surface area contributed by atoms with Gasteiger partial charge in [0, 0.05) is 37.0 Å². The molecule has 1 heterocycles. The number of anilines is 1. The van der Waals surface area contributed by atoms with Gasteiger partial charge in [-0.15, -0.1) is 0 Å². The molecule has 0 unspecified atom stereocenters. The second kappa shape index (κ2) is 6.23. The number of benzene rings is 1. The minimum absolute atomic E-state index is 0.111. The third kappa shape index (κ3) is 3.29. The fourth-order valence-corrected chi connectivity index (χ4v) is 2.08. The summed E-state index contributed by atoms with van der Waals surface area (Å²) in [6.07, 6.45) is 3.21. The van der Waals surface area contributed by atoms with Crippen molar-refractivity contribution in [3.8, 4) is 0 Å². The summed E-state index contributed by atoms with van der Waals surface area (Å²) in [5.74, 6) is -0.455. The van der Waals surface area contributed by atoms with Crippen LogP contribution in [0.25, 0.3) is 0 Å². The molecule has 1 amide bonds. The van der Waals surface area contributed by atoms with Crippen molar-refractivity contribution in [2.75, 3.05) is 12.4 Å². The number of H-pyrrole nitrogens is 1. The van der Waals surface area contributed by atoms with Crippen LogP contribution in [0.3, 0.4) is 0 Å². The standard InChI is InChI=1S/C12H12ClN5O3/c1-14-11-9(13)2-8(3-10(11)18(20)21)12(19)15-4-7-5-16-17-6-7/h2-3,5-6,14H,4H2,1H3,(H,15,19)(H,16,17). The molecule has 2 rings (SSSR count). The van der Waals surface area contributed by atoms with Crippen molar-refractivity contribution >= 4 is 28.9 Å². The number of carbonyl (C=O) groups is 1. The van der Waals surface area contributed by atoms with Crippen molar-refractivity contribution < 1.29 is 9.72 Å². The molecule has 21 heavy (non-hydrogen) atoms. The Labute approximate surface area is 124 Å². The van der Waals surface area contributed by atoms with E-state index in [4.69, 9.17) is 11.6 Å². The number of halogens is 1. The van der Waals surface area contributed by atoms with E-state index in [0.717, 1.165) is 5.56 Å². The Morgan fingerprint density at radius 2 is 2.29 bits per heavy atom. The minimum atomic E-state index is -0.593. The van der Waals surface area contributed by atoms with Gasteiger partial charge in [-0.3, -0.25) is 20.0 Å². The van der Waals surface area contributed by atoms with Crippen LogP contribution in [0.2, 0.25) is 5.02 Å². The van der Waals surface area contributed by atoms with Crippen LogP contribution in [0.5, 0.6) is 0 Å². The van der Waals surface area contributed by atoms with Gasteiger partial charge in [-0.2, -0.15) is 5.10 Å². The molecule has 0 aliphatic rings. The van der Waals surface area contributed by atoms with Crippen molar-refractivity contribution in [3.05, 3.63) is 50.8 Å². The highest BCUT2D eigenvalue weighted by molar-refractivity contribution is 6.34. The highest BCUT2D eigenvalue weighted by Gasteiger charge is 2.20. The van der Waals surface area contributed by atoms with Crippen molar-refractivity contribution in [1.82, 2.24) is 15.5 Å². The predicted octanol–water partition coefficient (Wildman–Crippen LogP) is 1.94. The van der Waals surface area contributed by atoms with Gasteiger partial charge in [0.25, 0.3) is 11.6 Å². The van der Waals surface area contributed by atoms with E-state index in [9.17, 15) is 14.9 Å². The van der Waals surface area contributed by atoms with Gasteiger partial charge < -0.3 is 10.6 Å². The minimum Gasteiger partial charge on any atom is -0.381 e. The molecule has 1 aromatic heterocycles. The first-order chi connectivity index (χ1) is 10.0. The van der Waals surface area contributed by atoms with E-state index in [2.05, 4.69) is 20.8 Å². The van der Waals surface area contributed by atoms with E-state index in [1.165, 1.54) is 19.2 Å². The topological polar surface area (TPSA) is 113 Å². The summed E-state index contributed by atoms with van der Waals surface area (Å²) in [5, 5.41) is 22.8. The van der Waals surface area contributed by atoms with E-state index >= 15 is 0 Å². The van der Waals surface area contributed by atoms with Crippen molar-refractivity contribution in [2.24, 2.45) is 0 Å². The number of nitro groups is 1. The number of nitro benzene ring substituents is 1. The van der Waals surface area contributed by atoms with Gasteiger partial charge in [-0.25, -0.2) is 0 Å². The Balaban J connectivity index is 2.23. The molecule has 1 aromatic carbocycles. The zero-order chi connectivity index (χ0) is 15.4. The lowest BCUT2D eigenvalue weighted by Gasteiger charge is -2.08. The zero-order valence-corrected chi connectivity index (χ0v) is 11.8. The largest absolute Gasteiger partial charge is 0.381 e. The highest BCUT2D eigenvalue weighted by atomic mass is 35.5. The molecular formula is C12H12ClN5O3. The maximum absolute atomic E-state index is 12.0. The number of carbonyl (C=O) groups excluding carboxylic acids is 1. The number of hydrogen-bond donors (Lipinski definition) is 3. The van der Waals surface area contributed by atoms with Crippen LogP contribution in [0, 0.1) is 10.1 Å².